The van der Waals surface area contributed by atoms with Crippen LogP contribution >= 0.6 is 0 Å². The first-order chi connectivity index (χ1) is 8.63. The molecule has 5 heteroatoms. The number of benzene rings is 1. The van der Waals surface area contributed by atoms with Crippen LogP contribution in [-0.4, -0.2) is 38.8 Å². The number of carbonyl (C=O) groups excluding carboxylic acids is 1. The number of nitrogens with two attached hydrogens (primary N) is 1. The third-order valence-corrected chi connectivity index (χ3v) is 3.26. The molecule has 0 amide bonds. The van der Waals surface area contributed by atoms with Crippen LogP contribution in [0.15, 0.2) is 18.2 Å². The lowest BCUT2D eigenvalue weighted by Crippen LogP contribution is -2.50. The van der Waals surface area contributed by atoms with Gasteiger partial charge in [0.05, 0.1) is 24.0 Å². The Balaban J connectivity index is 2.26. The Morgan fingerprint density at radius 3 is 2.94 bits per heavy atom. The van der Waals surface area contributed by atoms with Gasteiger partial charge in [-0.1, -0.05) is 0 Å². The molecule has 1 atom stereocenters. The molecular formula is C13H19N3O2. The summed E-state index contributed by atoms with van der Waals surface area (Å²) in [6.07, 6.45) is 0. The SMILES string of the molecule is COC(=O)c1ccc(N2CCNCC2C)c(N)c1. The van der Waals surface area contributed by atoms with Crippen molar-refractivity contribution in [1.82, 2.24) is 5.32 Å². The molecule has 3 N–H and O–H groups in total. The Bertz CT molecular complexity index is 448. The van der Waals surface area contributed by atoms with E-state index in [1.807, 2.05) is 6.07 Å². The van der Waals surface area contributed by atoms with E-state index >= 15 is 0 Å². The average Bonchev–Trinajstić information content (AvgIpc) is 2.39. The van der Waals surface area contributed by atoms with E-state index in [1.54, 1.807) is 12.1 Å². The number of piperazine rings is 1. The van der Waals surface area contributed by atoms with Crippen molar-refractivity contribution >= 4 is 17.3 Å². The van der Waals surface area contributed by atoms with E-state index in [1.165, 1.54) is 7.11 Å². The normalized spacial score (nSPS) is 19.7. The summed E-state index contributed by atoms with van der Waals surface area (Å²) in [5, 5.41) is 3.34. The van der Waals surface area contributed by atoms with Crippen LogP contribution in [0.25, 0.3) is 0 Å². The van der Waals surface area contributed by atoms with Gasteiger partial charge in [-0.15, -0.1) is 0 Å². The fourth-order valence-electron chi connectivity index (χ4n) is 2.26. The number of rotatable bonds is 2. The molecule has 1 aromatic carbocycles. The summed E-state index contributed by atoms with van der Waals surface area (Å²) in [6, 6.07) is 5.72. The molecule has 1 aliphatic heterocycles. The monoisotopic (exact) mass is 249 g/mol. The van der Waals surface area contributed by atoms with Crippen molar-refractivity contribution in [2.24, 2.45) is 0 Å². The molecule has 1 heterocycles. The van der Waals surface area contributed by atoms with Gasteiger partial charge in [0.15, 0.2) is 0 Å². The Hall–Kier alpha value is -1.75. The second-order valence-electron chi connectivity index (χ2n) is 4.51. The summed E-state index contributed by atoms with van der Waals surface area (Å²) >= 11 is 0. The molecule has 0 radical (unpaired) electrons. The predicted molar refractivity (Wildman–Crippen MR) is 71.9 cm³/mol. The van der Waals surface area contributed by atoms with E-state index in [2.05, 4.69) is 21.9 Å². The molecule has 2 rings (SSSR count). The predicted octanol–water partition coefficient (Wildman–Crippen LogP) is 0.854. The highest BCUT2D eigenvalue weighted by atomic mass is 16.5. The van der Waals surface area contributed by atoms with Crippen LogP contribution in [0.5, 0.6) is 0 Å². The molecule has 0 aromatic heterocycles. The van der Waals surface area contributed by atoms with Crippen molar-refractivity contribution in [3.05, 3.63) is 23.8 Å². The summed E-state index contributed by atoms with van der Waals surface area (Å²) in [6.45, 7) is 4.96. The lowest BCUT2D eigenvalue weighted by molar-refractivity contribution is 0.0601. The first-order valence-electron chi connectivity index (χ1n) is 6.08. The average molecular weight is 249 g/mol. The second-order valence-corrected chi connectivity index (χ2v) is 4.51. The van der Waals surface area contributed by atoms with Gasteiger partial charge in [-0.05, 0) is 25.1 Å². The molecule has 0 aliphatic carbocycles. The minimum Gasteiger partial charge on any atom is -0.465 e. The number of carbonyl (C=O) groups is 1. The number of ether oxygens (including phenoxy) is 1. The van der Waals surface area contributed by atoms with Gasteiger partial charge in [0.1, 0.15) is 0 Å². The highest BCUT2D eigenvalue weighted by Gasteiger charge is 2.20. The first-order valence-corrected chi connectivity index (χ1v) is 6.08. The van der Waals surface area contributed by atoms with Crippen molar-refractivity contribution in [2.45, 2.75) is 13.0 Å². The first kappa shape index (κ1) is 12.7. The molecule has 1 aromatic rings. The van der Waals surface area contributed by atoms with E-state index in [0.717, 1.165) is 25.3 Å². The number of hydrogen-bond acceptors (Lipinski definition) is 5. The molecule has 5 nitrogen and oxygen atoms in total. The summed E-state index contributed by atoms with van der Waals surface area (Å²) in [7, 11) is 1.37. The number of nitrogen functional groups attached to an aromatic ring is 1. The summed E-state index contributed by atoms with van der Waals surface area (Å²) < 4.78 is 4.68. The van der Waals surface area contributed by atoms with E-state index < -0.39 is 0 Å². The molecule has 0 bridgehead atoms. The molecule has 18 heavy (non-hydrogen) atoms. The van der Waals surface area contributed by atoms with Crippen molar-refractivity contribution in [1.29, 1.82) is 0 Å². The second kappa shape index (κ2) is 5.27. The lowest BCUT2D eigenvalue weighted by atomic mass is 10.1. The smallest absolute Gasteiger partial charge is 0.337 e. The van der Waals surface area contributed by atoms with E-state index in [9.17, 15) is 4.79 Å². The number of methoxy groups -OCH3 is 1. The van der Waals surface area contributed by atoms with Crippen molar-refractivity contribution < 1.29 is 9.53 Å². The number of esters is 1. The number of hydrogen-bond donors (Lipinski definition) is 2. The molecule has 1 fully saturated rings. The molecular weight excluding hydrogens is 230 g/mol. The largest absolute Gasteiger partial charge is 0.465 e. The third kappa shape index (κ3) is 2.41. The third-order valence-electron chi connectivity index (χ3n) is 3.26. The molecule has 1 unspecified atom stereocenters. The fraction of sp³-hybridized carbons (Fsp3) is 0.462. The Kier molecular flexibility index (Phi) is 3.72. The minimum absolute atomic E-state index is 0.360. The van der Waals surface area contributed by atoms with Gasteiger partial charge in [0.2, 0.25) is 0 Å². The number of nitrogens with zero attached hydrogens (tertiary/aromatic N) is 1. The maximum absolute atomic E-state index is 11.4. The van der Waals surface area contributed by atoms with Crippen LogP contribution in [0.2, 0.25) is 0 Å². The van der Waals surface area contributed by atoms with Gasteiger partial charge in [-0.25, -0.2) is 4.79 Å². The van der Waals surface area contributed by atoms with Crippen molar-refractivity contribution in [3.63, 3.8) is 0 Å². The van der Waals surface area contributed by atoms with Crippen LogP contribution < -0.4 is 16.0 Å². The summed E-state index contributed by atoms with van der Waals surface area (Å²) in [4.78, 5) is 13.7. The standard InChI is InChI=1S/C13H19N3O2/c1-9-8-15-5-6-16(9)12-4-3-10(7-11(12)14)13(17)18-2/h3-4,7,9,15H,5-6,8,14H2,1-2H3. The fourth-order valence-corrected chi connectivity index (χ4v) is 2.26. The number of nitrogens with one attached hydrogen (secondary N) is 1. The van der Waals surface area contributed by atoms with Crippen molar-refractivity contribution in [3.8, 4) is 0 Å². The quantitative estimate of drug-likeness (QED) is 0.601. The Morgan fingerprint density at radius 2 is 2.33 bits per heavy atom. The number of anilines is 2. The van der Waals surface area contributed by atoms with E-state index in [-0.39, 0.29) is 5.97 Å². The molecule has 1 saturated heterocycles. The van der Waals surface area contributed by atoms with E-state index in [0.29, 0.717) is 17.3 Å². The minimum atomic E-state index is -0.360. The lowest BCUT2D eigenvalue weighted by Gasteiger charge is -2.36. The topological polar surface area (TPSA) is 67.6 Å². The molecule has 1 aliphatic rings. The van der Waals surface area contributed by atoms with Gasteiger partial charge in [-0.2, -0.15) is 0 Å². The van der Waals surface area contributed by atoms with Crippen LogP contribution in [0, 0.1) is 0 Å². The van der Waals surface area contributed by atoms with Gasteiger partial charge in [0.25, 0.3) is 0 Å². The zero-order valence-electron chi connectivity index (χ0n) is 10.8. The van der Waals surface area contributed by atoms with Crippen LogP contribution in [0.4, 0.5) is 11.4 Å². The van der Waals surface area contributed by atoms with Crippen LogP contribution in [0.3, 0.4) is 0 Å². The zero-order valence-corrected chi connectivity index (χ0v) is 10.8. The summed E-state index contributed by atoms with van der Waals surface area (Å²) in [5.74, 6) is -0.360. The molecule has 98 valence electrons. The van der Waals surface area contributed by atoms with Gasteiger partial charge in [0, 0.05) is 25.7 Å². The maximum Gasteiger partial charge on any atom is 0.337 e. The zero-order chi connectivity index (χ0) is 13.1. The maximum atomic E-state index is 11.4. The van der Waals surface area contributed by atoms with Crippen LogP contribution in [0.1, 0.15) is 17.3 Å². The van der Waals surface area contributed by atoms with Gasteiger partial charge >= 0.3 is 5.97 Å². The highest BCUT2D eigenvalue weighted by Crippen LogP contribution is 2.27. The van der Waals surface area contributed by atoms with Crippen molar-refractivity contribution in [2.75, 3.05) is 37.4 Å². The molecule has 0 saturated carbocycles. The summed E-state index contributed by atoms with van der Waals surface area (Å²) in [5.41, 5.74) is 8.12. The molecule has 0 spiro atoms. The van der Waals surface area contributed by atoms with Crippen LogP contribution in [-0.2, 0) is 4.74 Å². The Morgan fingerprint density at radius 1 is 1.56 bits per heavy atom. The van der Waals surface area contributed by atoms with Gasteiger partial charge < -0.3 is 20.7 Å². The van der Waals surface area contributed by atoms with E-state index in [4.69, 9.17) is 5.73 Å². The Labute approximate surface area is 107 Å². The van der Waals surface area contributed by atoms with Gasteiger partial charge in [-0.3, -0.25) is 0 Å². The highest BCUT2D eigenvalue weighted by molar-refractivity contribution is 5.92.